The third kappa shape index (κ3) is 3.46. The number of benzene rings is 2. The molecule has 3 rings (SSSR count). The van der Waals surface area contributed by atoms with Gasteiger partial charge in [-0.05, 0) is 24.3 Å². The van der Waals surface area contributed by atoms with Gasteiger partial charge in [-0.15, -0.1) is 10.2 Å². The maximum absolute atomic E-state index is 13.1. The van der Waals surface area contributed by atoms with E-state index >= 15 is 0 Å². The van der Waals surface area contributed by atoms with E-state index in [0.717, 1.165) is 0 Å². The zero-order valence-corrected chi connectivity index (χ0v) is 14.7. The Kier molecular flexibility index (Phi) is 5.05. The van der Waals surface area contributed by atoms with Gasteiger partial charge in [-0.1, -0.05) is 36.4 Å². The monoisotopic (exact) mass is 373 g/mol. The number of hydrogen-bond donors (Lipinski definition) is 3. The van der Waals surface area contributed by atoms with Crippen molar-refractivity contribution in [2.45, 2.75) is 11.3 Å². The average Bonchev–Trinajstić information content (AvgIpc) is 3.03. The average molecular weight is 373 g/mol. The highest BCUT2D eigenvalue weighted by Gasteiger charge is 2.25. The molecule has 1 heterocycles. The van der Waals surface area contributed by atoms with Gasteiger partial charge in [-0.25, -0.2) is 18.9 Å². The van der Waals surface area contributed by atoms with Crippen LogP contribution in [0.15, 0.2) is 65.6 Å². The van der Waals surface area contributed by atoms with Gasteiger partial charge in [0.1, 0.15) is 0 Å². The van der Waals surface area contributed by atoms with Crippen LogP contribution in [0.4, 0.5) is 11.6 Å². The molecule has 1 aromatic heterocycles. The van der Waals surface area contributed by atoms with Gasteiger partial charge in [-0.3, -0.25) is 9.73 Å². The van der Waals surface area contributed by atoms with Gasteiger partial charge in [0.2, 0.25) is 0 Å². The van der Waals surface area contributed by atoms with Crippen LogP contribution < -0.4 is 21.4 Å². The number of nitrogen functional groups attached to an aromatic ring is 2. The number of aromatic nitrogens is 3. The van der Waals surface area contributed by atoms with Gasteiger partial charge in [0.05, 0.1) is 10.6 Å². The maximum Gasteiger partial charge on any atom is 0.264 e. The Balaban J connectivity index is 1.93. The van der Waals surface area contributed by atoms with Crippen molar-refractivity contribution in [2.75, 3.05) is 22.1 Å². The van der Waals surface area contributed by atoms with E-state index in [4.69, 9.17) is 11.7 Å². The number of nitrogens with two attached hydrogens (primary N) is 2. The van der Waals surface area contributed by atoms with Crippen LogP contribution in [0.25, 0.3) is 0 Å². The third-order valence-electron chi connectivity index (χ3n) is 3.81. The predicted octanol–water partition coefficient (Wildman–Crippen LogP) is 0.715. The molecule has 0 aliphatic rings. The highest BCUT2D eigenvalue weighted by atomic mass is 32.2. The Morgan fingerprint density at radius 1 is 1.00 bits per heavy atom. The van der Waals surface area contributed by atoms with Crippen LogP contribution in [-0.2, 0) is 16.4 Å². The molecule has 0 amide bonds. The van der Waals surface area contributed by atoms with E-state index in [-0.39, 0.29) is 23.8 Å². The van der Waals surface area contributed by atoms with Crippen molar-refractivity contribution < 1.29 is 8.42 Å². The Morgan fingerprint density at radius 3 is 2.19 bits per heavy atom. The third-order valence-corrected chi connectivity index (χ3v) is 5.65. The molecular weight excluding hydrogens is 354 g/mol. The van der Waals surface area contributed by atoms with Crippen molar-refractivity contribution in [1.29, 1.82) is 0 Å². The Hall–Kier alpha value is -3.11. The van der Waals surface area contributed by atoms with Gasteiger partial charge in [-0.2, -0.15) is 0 Å². The molecule has 0 atom stereocenters. The van der Waals surface area contributed by atoms with E-state index in [1.54, 1.807) is 54.6 Å². The Labute approximate surface area is 151 Å². The molecular formula is C16H19N7O2S. The summed E-state index contributed by atoms with van der Waals surface area (Å²) >= 11 is 0. The molecule has 10 heteroatoms. The lowest BCUT2D eigenvalue weighted by Gasteiger charge is -2.24. The van der Waals surface area contributed by atoms with Crippen molar-refractivity contribution in [1.82, 2.24) is 14.9 Å². The van der Waals surface area contributed by atoms with E-state index in [9.17, 15) is 8.42 Å². The second-order valence-corrected chi connectivity index (χ2v) is 7.29. The van der Waals surface area contributed by atoms with Crippen LogP contribution in [0.5, 0.6) is 0 Å². The zero-order chi connectivity index (χ0) is 18.6. The molecule has 0 fully saturated rings. The molecule has 0 bridgehead atoms. The molecule has 0 radical (unpaired) electrons. The maximum atomic E-state index is 13.1. The van der Waals surface area contributed by atoms with Crippen LogP contribution in [0.2, 0.25) is 0 Å². The molecule has 0 unspecified atom stereocenters. The first kappa shape index (κ1) is 17.7. The highest BCUT2D eigenvalue weighted by Crippen LogP contribution is 2.23. The van der Waals surface area contributed by atoms with Gasteiger partial charge < -0.3 is 5.84 Å². The number of hydrogen-bond acceptors (Lipinski definition) is 7. The summed E-state index contributed by atoms with van der Waals surface area (Å²) in [4.78, 5) is 0.211. The van der Waals surface area contributed by atoms with Crippen molar-refractivity contribution in [3.8, 4) is 0 Å². The summed E-state index contributed by atoms with van der Waals surface area (Å²) in [5.41, 5.74) is 2.88. The van der Waals surface area contributed by atoms with Gasteiger partial charge in [0.15, 0.2) is 5.82 Å². The topological polar surface area (TPSA) is 132 Å². The molecule has 0 spiro atoms. The van der Waals surface area contributed by atoms with E-state index in [1.807, 2.05) is 6.07 Å². The molecule has 136 valence electrons. The normalized spacial score (nSPS) is 11.3. The smallest absolute Gasteiger partial charge is 0.264 e. The van der Waals surface area contributed by atoms with Crippen molar-refractivity contribution in [2.24, 2.45) is 5.84 Å². The summed E-state index contributed by atoms with van der Waals surface area (Å²) in [6.07, 6.45) is 0.256. The molecule has 0 saturated carbocycles. The number of anilines is 2. The number of rotatable bonds is 7. The van der Waals surface area contributed by atoms with Crippen molar-refractivity contribution in [3.05, 3.63) is 66.5 Å². The van der Waals surface area contributed by atoms with Crippen LogP contribution in [0.1, 0.15) is 5.82 Å². The Morgan fingerprint density at radius 2 is 1.62 bits per heavy atom. The highest BCUT2D eigenvalue weighted by molar-refractivity contribution is 7.92. The number of sulfonamides is 1. The lowest BCUT2D eigenvalue weighted by atomic mass is 10.3. The van der Waals surface area contributed by atoms with Crippen LogP contribution in [0, 0.1) is 0 Å². The second-order valence-electron chi connectivity index (χ2n) is 5.43. The molecule has 26 heavy (non-hydrogen) atoms. The fraction of sp³-hybridized carbons (Fsp3) is 0.125. The molecule has 5 N–H and O–H groups in total. The van der Waals surface area contributed by atoms with Gasteiger partial charge in [0.25, 0.3) is 16.0 Å². The number of nitrogens with one attached hydrogen (secondary N) is 1. The standard InChI is InChI=1S/C16H19N7O2S/c17-19-16-21-20-15(23(16)18)11-12-22(13-7-3-1-4-8-13)26(24,25)14-9-5-2-6-10-14/h1-10H,11-12,17-18H2,(H,19,21). The number of para-hydroxylation sites is 1. The predicted molar refractivity (Wildman–Crippen MR) is 99.1 cm³/mol. The Bertz CT molecular complexity index is 959. The van der Waals surface area contributed by atoms with Crippen molar-refractivity contribution in [3.63, 3.8) is 0 Å². The molecule has 0 aliphatic heterocycles. The van der Waals surface area contributed by atoms with E-state index in [2.05, 4.69) is 15.6 Å². The van der Waals surface area contributed by atoms with E-state index in [1.165, 1.54) is 8.98 Å². The first-order valence-corrected chi connectivity index (χ1v) is 9.27. The summed E-state index contributed by atoms with van der Waals surface area (Å²) in [6.45, 7) is 0.140. The lowest BCUT2D eigenvalue weighted by molar-refractivity contribution is 0.590. The summed E-state index contributed by atoms with van der Waals surface area (Å²) in [5, 5.41) is 7.72. The van der Waals surface area contributed by atoms with Crippen molar-refractivity contribution >= 4 is 21.7 Å². The molecule has 0 aliphatic carbocycles. The summed E-state index contributed by atoms with van der Waals surface area (Å²) in [5.74, 6) is 11.7. The largest absolute Gasteiger partial charge is 0.335 e. The lowest BCUT2D eigenvalue weighted by Crippen LogP contribution is -2.34. The quantitative estimate of drug-likeness (QED) is 0.410. The fourth-order valence-electron chi connectivity index (χ4n) is 2.50. The minimum Gasteiger partial charge on any atom is -0.335 e. The molecule has 3 aromatic rings. The summed E-state index contributed by atoms with van der Waals surface area (Å²) in [7, 11) is -3.74. The van der Waals surface area contributed by atoms with E-state index in [0.29, 0.717) is 11.5 Å². The van der Waals surface area contributed by atoms with Gasteiger partial charge >= 0.3 is 0 Å². The second kappa shape index (κ2) is 7.42. The van der Waals surface area contributed by atoms with Crippen LogP contribution in [-0.4, -0.2) is 29.8 Å². The van der Waals surface area contributed by atoms with Crippen LogP contribution >= 0.6 is 0 Å². The molecule has 9 nitrogen and oxygen atoms in total. The minimum absolute atomic E-state index is 0.140. The van der Waals surface area contributed by atoms with E-state index < -0.39 is 10.0 Å². The molecule has 0 saturated heterocycles. The first-order valence-electron chi connectivity index (χ1n) is 7.83. The number of nitrogens with zero attached hydrogens (tertiary/aromatic N) is 4. The first-order chi connectivity index (χ1) is 12.5. The van der Waals surface area contributed by atoms with Gasteiger partial charge in [0, 0.05) is 13.0 Å². The SMILES string of the molecule is NNc1nnc(CCN(c2ccccc2)S(=O)(=O)c2ccccc2)n1N. The summed E-state index contributed by atoms with van der Waals surface area (Å²) in [6, 6.07) is 17.1. The molecule has 2 aromatic carbocycles. The minimum atomic E-state index is -3.74. The fourth-order valence-corrected chi connectivity index (χ4v) is 3.98. The summed E-state index contributed by atoms with van der Waals surface area (Å²) < 4.78 is 28.8. The number of hydrazine groups is 1. The zero-order valence-electron chi connectivity index (χ0n) is 13.9. The van der Waals surface area contributed by atoms with Crippen LogP contribution in [0.3, 0.4) is 0 Å².